The molecule has 2 rings (SSSR count). The first kappa shape index (κ1) is 16.0. The zero-order chi connectivity index (χ0) is 15.6. The molecule has 1 aromatic rings. The van der Waals surface area contributed by atoms with Gasteiger partial charge in [-0.15, -0.1) is 0 Å². The predicted octanol–water partition coefficient (Wildman–Crippen LogP) is 1.56. The van der Waals surface area contributed by atoms with E-state index in [1.807, 2.05) is 13.8 Å². The highest BCUT2D eigenvalue weighted by atomic mass is 32.2. The van der Waals surface area contributed by atoms with E-state index < -0.39 is 10.0 Å². The summed E-state index contributed by atoms with van der Waals surface area (Å²) in [6.45, 7) is 4.56. The minimum absolute atomic E-state index is 0.0625. The second-order valence-corrected chi connectivity index (χ2v) is 7.61. The molecule has 1 aliphatic heterocycles. The average molecular weight is 314 g/mol. The Hall–Kier alpha value is -1.34. The summed E-state index contributed by atoms with van der Waals surface area (Å²) in [5.74, 6) is 0.244. The van der Waals surface area contributed by atoms with Crippen LogP contribution < -0.4 is 4.72 Å². The molecule has 118 valence electrons. The van der Waals surface area contributed by atoms with Crippen LogP contribution in [0.15, 0.2) is 16.7 Å². The normalized spacial score (nSPS) is 19.4. The molecular weight excluding hydrogens is 292 g/mol. The maximum atomic E-state index is 12.6. The number of amides is 1. The fraction of sp³-hybridized carbons (Fsp3) is 0.643. The highest BCUT2D eigenvalue weighted by molar-refractivity contribution is 7.89. The number of hydrogen-bond acceptors (Lipinski definition) is 4. The number of nitrogens with zero attached hydrogens (tertiary/aromatic N) is 1. The van der Waals surface area contributed by atoms with E-state index in [1.54, 1.807) is 11.0 Å². The number of rotatable bonds is 5. The van der Waals surface area contributed by atoms with Crippen molar-refractivity contribution in [2.75, 3.05) is 19.3 Å². The fourth-order valence-electron chi connectivity index (χ4n) is 2.69. The molecule has 0 radical (unpaired) electrons. The molecule has 1 aliphatic rings. The predicted molar refractivity (Wildman–Crippen MR) is 79.7 cm³/mol. The Bertz CT molecular complexity index is 606. The van der Waals surface area contributed by atoms with Gasteiger partial charge in [0.2, 0.25) is 10.0 Å². The van der Waals surface area contributed by atoms with E-state index in [-0.39, 0.29) is 23.6 Å². The molecule has 1 atom stereocenters. The van der Waals surface area contributed by atoms with Crippen LogP contribution in [-0.2, 0) is 10.0 Å². The molecule has 7 heteroatoms. The minimum Gasteiger partial charge on any atom is -0.459 e. The van der Waals surface area contributed by atoms with E-state index in [1.165, 1.54) is 13.3 Å². The van der Waals surface area contributed by atoms with Crippen LogP contribution in [0.25, 0.3) is 0 Å². The third kappa shape index (κ3) is 3.47. The highest BCUT2D eigenvalue weighted by Gasteiger charge is 2.34. The van der Waals surface area contributed by atoms with Gasteiger partial charge < -0.3 is 9.32 Å². The Morgan fingerprint density at radius 3 is 2.86 bits per heavy atom. The average Bonchev–Trinajstić information content (AvgIpc) is 3.05. The van der Waals surface area contributed by atoms with Gasteiger partial charge in [-0.25, -0.2) is 13.1 Å². The minimum atomic E-state index is -3.34. The quantitative estimate of drug-likeness (QED) is 0.894. The van der Waals surface area contributed by atoms with Gasteiger partial charge >= 0.3 is 0 Å². The number of sulfonamides is 1. The van der Waals surface area contributed by atoms with E-state index in [2.05, 4.69) is 4.72 Å². The van der Waals surface area contributed by atoms with E-state index in [4.69, 9.17) is 4.42 Å². The van der Waals surface area contributed by atoms with Crippen LogP contribution in [0.4, 0.5) is 0 Å². The lowest BCUT2D eigenvalue weighted by Crippen LogP contribution is -2.42. The maximum absolute atomic E-state index is 12.6. The van der Waals surface area contributed by atoms with Crippen LogP contribution in [-0.4, -0.2) is 44.6 Å². The molecule has 21 heavy (non-hydrogen) atoms. The van der Waals surface area contributed by atoms with Gasteiger partial charge in [0.05, 0.1) is 12.0 Å². The summed E-state index contributed by atoms with van der Waals surface area (Å²) in [6, 6.07) is 1.51. The number of hydrogen-bond donors (Lipinski definition) is 1. The van der Waals surface area contributed by atoms with Crippen LogP contribution in [0.3, 0.4) is 0 Å². The number of carbonyl (C=O) groups excluding carboxylic acids is 1. The van der Waals surface area contributed by atoms with Crippen LogP contribution in [0.1, 0.15) is 48.7 Å². The van der Waals surface area contributed by atoms with E-state index in [9.17, 15) is 13.2 Å². The summed E-state index contributed by atoms with van der Waals surface area (Å²) in [4.78, 5) is 14.3. The summed E-state index contributed by atoms with van der Waals surface area (Å²) < 4.78 is 31.1. The zero-order valence-electron chi connectivity index (χ0n) is 12.6. The molecule has 6 nitrogen and oxygen atoms in total. The van der Waals surface area contributed by atoms with Gasteiger partial charge in [-0.3, -0.25) is 4.79 Å². The third-order valence-electron chi connectivity index (χ3n) is 3.87. The van der Waals surface area contributed by atoms with E-state index in [0.717, 1.165) is 12.0 Å². The zero-order valence-corrected chi connectivity index (χ0v) is 13.4. The lowest BCUT2D eigenvalue weighted by atomic mass is 10.0. The number of carbonyl (C=O) groups is 1. The van der Waals surface area contributed by atoms with Crippen molar-refractivity contribution >= 4 is 15.9 Å². The molecule has 2 heterocycles. The van der Waals surface area contributed by atoms with Crippen molar-refractivity contribution in [3.8, 4) is 0 Å². The first-order chi connectivity index (χ1) is 9.85. The van der Waals surface area contributed by atoms with Crippen LogP contribution in [0, 0.1) is 0 Å². The summed E-state index contributed by atoms with van der Waals surface area (Å²) in [6.07, 6.45) is 3.02. The Kier molecular flexibility index (Phi) is 4.73. The molecule has 0 aromatic carbocycles. The van der Waals surface area contributed by atoms with Gasteiger partial charge in [-0.2, -0.15) is 0 Å². The monoisotopic (exact) mass is 314 g/mol. The number of furan rings is 1. The number of nitrogens with one attached hydrogen (secondary N) is 1. The van der Waals surface area contributed by atoms with Gasteiger partial charge in [0.25, 0.3) is 5.91 Å². The van der Waals surface area contributed by atoms with Crippen LogP contribution in [0.5, 0.6) is 0 Å². The van der Waals surface area contributed by atoms with Crippen molar-refractivity contribution < 1.29 is 17.6 Å². The lowest BCUT2D eigenvalue weighted by molar-refractivity contribution is 0.0715. The topological polar surface area (TPSA) is 79.6 Å². The van der Waals surface area contributed by atoms with Crippen molar-refractivity contribution in [1.29, 1.82) is 0 Å². The molecule has 0 aliphatic carbocycles. The number of likely N-dealkylation sites (tertiary alicyclic amines) is 1. The fourth-order valence-corrected chi connectivity index (χ4v) is 3.71. The van der Waals surface area contributed by atoms with Crippen LogP contribution >= 0.6 is 0 Å². The van der Waals surface area contributed by atoms with Crippen molar-refractivity contribution in [3.05, 3.63) is 23.7 Å². The van der Waals surface area contributed by atoms with Crippen molar-refractivity contribution in [3.63, 3.8) is 0 Å². The molecular formula is C14H22N2O4S. The summed E-state index contributed by atoms with van der Waals surface area (Å²) in [7, 11) is -1.95. The molecule has 1 aromatic heterocycles. The van der Waals surface area contributed by atoms with Gasteiger partial charge in [0.15, 0.2) is 5.76 Å². The Balaban J connectivity index is 2.20. The largest absolute Gasteiger partial charge is 0.459 e. The standard InChI is InChI=1S/C14H22N2O4S/c1-10(2)12-6-8-20-13(12)14(17)16-7-4-5-11(16)9-21(18,19)15-3/h6,8,10-11,15H,4-5,7,9H2,1-3H3. The molecule has 0 saturated carbocycles. The van der Waals surface area contributed by atoms with Gasteiger partial charge in [0, 0.05) is 18.2 Å². The Morgan fingerprint density at radius 1 is 1.52 bits per heavy atom. The summed E-state index contributed by atoms with van der Waals surface area (Å²) in [5, 5.41) is 0. The second-order valence-electron chi connectivity index (χ2n) is 5.64. The van der Waals surface area contributed by atoms with Crippen molar-refractivity contribution in [2.45, 2.75) is 38.6 Å². The van der Waals surface area contributed by atoms with Gasteiger partial charge in [0.1, 0.15) is 0 Å². The van der Waals surface area contributed by atoms with Gasteiger partial charge in [-0.1, -0.05) is 13.8 Å². The third-order valence-corrected chi connectivity index (χ3v) is 5.32. The molecule has 0 spiro atoms. The van der Waals surface area contributed by atoms with Gasteiger partial charge in [-0.05, 0) is 31.9 Å². The maximum Gasteiger partial charge on any atom is 0.290 e. The van der Waals surface area contributed by atoms with E-state index >= 15 is 0 Å². The molecule has 1 fully saturated rings. The first-order valence-corrected chi connectivity index (χ1v) is 8.80. The molecule has 1 unspecified atom stereocenters. The first-order valence-electron chi connectivity index (χ1n) is 7.15. The smallest absolute Gasteiger partial charge is 0.290 e. The van der Waals surface area contributed by atoms with Crippen molar-refractivity contribution in [1.82, 2.24) is 9.62 Å². The van der Waals surface area contributed by atoms with Crippen LogP contribution in [0.2, 0.25) is 0 Å². The summed E-state index contributed by atoms with van der Waals surface area (Å²) >= 11 is 0. The Labute approximate surface area is 125 Å². The highest BCUT2D eigenvalue weighted by Crippen LogP contribution is 2.26. The Morgan fingerprint density at radius 2 is 2.24 bits per heavy atom. The van der Waals surface area contributed by atoms with E-state index in [0.29, 0.717) is 18.7 Å². The molecule has 1 N–H and O–H groups in total. The molecule has 1 saturated heterocycles. The SMILES string of the molecule is CNS(=O)(=O)CC1CCCN1C(=O)c1occc1C(C)C. The molecule has 0 bridgehead atoms. The second kappa shape index (κ2) is 6.19. The lowest BCUT2D eigenvalue weighted by Gasteiger charge is -2.24. The van der Waals surface area contributed by atoms with Crippen molar-refractivity contribution in [2.24, 2.45) is 0 Å². The molecule has 1 amide bonds. The summed E-state index contributed by atoms with van der Waals surface area (Å²) in [5.41, 5.74) is 0.863.